The second kappa shape index (κ2) is 9.13. The summed E-state index contributed by atoms with van der Waals surface area (Å²) in [7, 11) is 0. The lowest BCUT2D eigenvalue weighted by atomic mass is 10.1. The number of nitrogens with one attached hydrogen (secondary N) is 1. The molecule has 6 heteroatoms. The highest BCUT2D eigenvalue weighted by Gasteiger charge is 2.26. The fourth-order valence-corrected chi connectivity index (χ4v) is 4.20. The van der Waals surface area contributed by atoms with Gasteiger partial charge in [-0.15, -0.1) is 11.3 Å². The Kier molecular flexibility index (Phi) is 6.14. The van der Waals surface area contributed by atoms with Gasteiger partial charge in [0, 0.05) is 35.8 Å². The first-order valence-corrected chi connectivity index (χ1v) is 11.0. The molecule has 154 valence electrons. The van der Waals surface area contributed by atoms with Crippen molar-refractivity contribution >= 4 is 29.0 Å². The highest BCUT2D eigenvalue weighted by Crippen LogP contribution is 2.22. The number of thiophene rings is 1. The minimum atomic E-state index is -0.110. The minimum Gasteiger partial charge on any atom is -0.347 e. The molecule has 0 bridgehead atoms. The van der Waals surface area contributed by atoms with Crippen LogP contribution in [0.15, 0.2) is 66.0 Å². The van der Waals surface area contributed by atoms with Crippen LogP contribution in [0.4, 0.5) is 10.5 Å². The average molecular weight is 420 g/mol. The van der Waals surface area contributed by atoms with E-state index in [1.165, 1.54) is 5.56 Å². The summed E-state index contributed by atoms with van der Waals surface area (Å²) in [4.78, 5) is 30.2. The molecular formula is C24H25N3O2S. The summed E-state index contributed by atoms with van der Waals surface area (Å²) in [5.74, 6) is -0.110. The molecule has 1 N–H and O–H groups in total. The average Bonchev–Trinajstić information content (AvgIpc) is 3.29. The molecule has 3 amide bonds. The van der Waals surface area contributed by atoms with E-state index >= 15 is 0 Å². The molecule has 0 radical (unpaired) electrons. The zero-order valence-electron chi connectivity index (χ0n) is 17.0. The first-order chi connectivity index (χ1) is 14.6. The lowest BCUT2D eigenvalue weighted by Gasteiger charge is -2.35. The Bertz CT molecular complexity index is 998. The van der Waals surface area contributed by atoms with Gasteiger partial charge < -0.3 is 10.2 Å². The first kappa shape index (κ1) is 20.2. The molecular weight excluding hydrogens is 394 g/mol. The van der Waals surface area contributed by atoms with Gasteiger partial charge in [0.2, 0.25) is 0 Å². The third-order valence-electron chi connectivity index (χ3n) is 5.25. The third kappa shape index (κ3) is 4.71. The van der Waals surface area contributed by atoms with Gasteiger partial charge in [-0.05, 0) is 54.6 Å². The standard InChI is InChI=1S/C24H25N3O2S/c1-18-5-7-19(8-6-18)17-26-13-3-14-27(24(26)29)21-11-9-20(10-12-21)23(28)25-16-22-4-2-15-30-22/h2,4-12,15H,3,13-14,16-17H2,1H3,(H,25,28). The molecule has 0 saturated carbocycles. The fraction of sp³-hybridized carbons (Fsp3) is 0.250. The number of aryl methyl sites for hydroxylation is 1. The molecule has 0 atom stereocenters. The van der Waals surface area contributed by atoms with Crippen molar-refractivity contribution in [2.75, 3.05) is 18.0 Å². The van der Waals surface area contributed by atoms with Crippen molar-refractivity contribution in [2.45, 2.75) is 26.4 Å². The molecule has 5 nitrogen and oxygen atoms in total. The zero-order valence-corrected chi connectivity index (χ0v) is 17.8. The molecule has 4 rings (SSSR count). The van der Waals surface area contributed by atoms with Crippen molar-refractivity contribution in [2.24, 2.45) is 0 Å². The molecule has 0 spiro atoms. The summed E-state index contributed by atoms with van der Waals surface area (Å²) in [6.07, 6.45) is 0.917. The third-order valence-corrected chi connectivity index (χ3v) is 6.13. The van der Waals surface area contributed by atoms with E-state index in [0.29, 0.717) is 25.2 Å². The SMILES string of the molecule is Cc1ccc(CN2CCCN(c3ccc(C(=O)NCc4cccs4)cc3)C2=O)cc1. The second-order valence-corrected chi connectivity index (χ2v) is 8.54. The minimum absolute atomic E-state index is 0.0109. The first-order valence-electron chi connectivity index (χ1n) is 10.1. The van der Waals surface area contributed by atoms with E-state index in [9.17, 15) is 9.59 Å². The molecule has 1 saturated heterocycles. The Morgan fingerprint density at radius 3 is 2.50 bits per heavy atom. The summed E-state index contributed by atoms with van der Waals surface area (Å²) in [5, 5.41) is 4.92. The molecule has 1 aliphatic heterocycles. The van der Waals surface area contributed by atoms with E-state index in [-0.39, 0.29) is 11.9 Å². The van der Waals surface area contributed by atoms with E-state index in [1.807, 2.05) is 34.5 Å². The van der Waals surface area contributed by atoms with Crippen LogP contribution in [0.3, 0.4) is 0 Å². The number of amides is 3. The van der Waals surface area contributed by atoms with E-state index in [0.717, 1.165) is 29.1 Å². The smallest absolute Gasteiger partial charge is 0.324 e. The van der Waals surface area contributed by atoms with E-state index in [1.54, 1.807) is 28.4 Å². The van der Waals surface area contributed by atoms with Crippen LogP contribution < -0.4 is 10.2 Å². The number of carbonyl (C=O) groups excluding carboxylic acids is 2. The Balaban J connectivity index is 1.39. The predicted octanol–water partition coefficient (Wildman–Crippen LogP) is 4.82. The Hall–Kier alpha value is -3.12. The van der Waals surface area contributed by atoms with Crippen LogP contribution in [0.2, 0.25) is 0 Å². The molecule has 3 aromatic rings. The lowest BCUT2D eigenvalue weighted by molar-refractivity contribution is 0.0951. The Labute approximate surface area is 180 Å². The maximum Gasteiger partial charge on any atom is 0.324 e. The number of rotatable bonds is 6. The van der Waals surface area contributed by atoms with Crippen molar-refractivity contribution < 1.29 is 9.59 Å². The van der Waals surface area contributed by atoms with Crippen LogP contribution in [0.25, 0.3) is 0 Å². The number of benzene rings is 2. The fourth-order valence-electron chi connectivity index (χ4n) is 3.56. The molecule has 0 aliphatic carbocycles. The Morgan fingerprint density at radius 2 is 1.80 bits per heavy atom. The van der Waals surface area contributed by atoms with Crippen molar-refractivity contribution in [3.8, 4) is 0 Å². The maximum atomic E-state index is 13.0. The van der Waals surface area contributed by atoms with Gasteiger partial charge in [-0.2, -0.15) is 0 Å². The lowest BCUT2D eigenvalue weighted by Crippen LogP contribution is -2.49. The van der Waals surface area contributed by atoms with Gasteiger partial charge >= 0.3 is 6.03 Å². The van der Waals surface area contributed by atoms with Crippen molar-refractivity contribution in [3.05, 3.63) is 87.6 Å². The maximum absolute atomic E-state index is 13.0. The van der Waals surface area contributed by atoms with Crippen LogP contribution in [0.1, 0.15) is 32.8 Å². The number of urea groups is 1. The van der Waals surface area contributed by atoms with E-state index < -0.39 is 0 Å². The largest absolute Gasteiger partial charge is 0.347 e. The van der Waals surface area contributed by atoms with Gasteiger partial charge in [-0.25, -0.2) is 4.79 Å². The quantitative estimate of drug-likeness (QED) is 0.623. The Morgan fingerprint density at radius 1 is 1.03 bits per heavy atom. The number of nitrogens with zero attached hydrogens (tertiary/aromatic N) is 2. The van der Waals surface area contributed by atoms with Crippen LogP contribution in [0.5, 0.6) is 0 Å². The summed E-state index contributed by atoms with van der Waals surface area (Å²) in [6.45, 7) is 4.64. The van der Waals surface area contributed by atoms with Crippen molar-refractivity contribution in [3.63, 3.8) is 0 Å². The van der Waals surface area contributed by atoms with Crippen molar-refractivity contribution in [1.29, 1.82) is 0 Å². The highest BCUT2D eigenvalue weighted by atomic mass is 32.1. The predicted molar refractivity (Wildman–Crippen MR) is 121 cm³/mol. The zero-order chi connectivity index (χ0) is 20.9. The molecule has 30 heavy (non-hydrogen) atoms. The van der Waals surface area contributed by atoms with Gasteiger partial charge in [0.25, 0.3) is 5.91 Å². The molecule has 0 unspecified atom stereocenters. The van der Waals surface area contributed by atoms with Gasteiger partial charge in [-0.3, -0.25) is 9.69 Å². The van der Waals surface area contributed by atoms with E-state index in [4.69, 9.17) is 0 Å². The molecule has 1 aromatic heterocycles. The topological polar surface area (TPSA) is 52.6 Å². The monoisotopic (exact) mass is 419 g/mol. The number of hydrogen-bond donors (Lipinski definition) is 1. The summed E-state index contributed by atoms with van der Waals surface area (Å²) < 4.78 is 0. The number of hydrogen-bond acceptors (Lipinski definition) is 3. The van der Waals surface area contributed by atoms with Crippen LogP contribution >= 0.6 is 11.3 Å². The van der Waals surface area contributed by atoms with Crippen LogP contribution in [0, 0.1) is 6.92 Å². The van der Waals surface area contributed by atoms with Crippen LogP contribution in [-0.2, 0) is 13.1 Å². The summed E-state index contributed by atoms with van der Waals surface area (Å²) in [5.41, 5.74) is 3.76. The second-order valence-electron chi connectivity index (χ2n) is 7.50. The molecule has 2 aromatic carbocycles. The highest BCUT2D eigenvalue weighted by molar-refractivity contribution is 7.09. The number of carbonyl (C=O) groups is 2. The molecule has 1 aliphatic rings. The van der Waals surface area contributed by atoms with Crippen LogP contribution in [-0.4, -0.2) is 29.9 Å². The van der Waals surface area contributed by atoms with Gasteiger partial charge in [0.05, 0.1) is 6.54 Å². The summed E-state index contributed by atoms with van der Waals surface area (Å²) in [6, 6.07) is 19.6. The molecule has 1 fully saturated rings. The van der Waals surface area contributed by atoms with Gasteiger partial charge in [0.1, 0.15) is 0 Å². The van der Waals surface area contributed by atoms with E-state index in [2.05, 4.69) is 36.5 Å². The molecule has 2 heterocycles. The number of anilines is 1. The van der Waals surface area contributed by atoms with Gasteiger partial charge in [0.15, 0.2) is 0 Å². The summed E-state index contributed by atoms with van der Waals surface area (Å²) >= 11 is 1.62. The normalized spacial score (nSPS) is 14.1. The van der Waals surface area contributed by atoms with Crippen molar-refractivity contribution in [1.82, 2.24) is 10.2 Å². The van der Waals surface area contributed by atoms with Gasteiger partial charge in [-0.1, -0.05) is 35.9 Å².